The molecule has 1 heterocycles. The predicted molar refractivity (Wildman–Crippen MR) is 118 cm³/mol. The van der Waals surface area contributed by atoms with Crippen LogP contribution in [0.5, 0.6) is 0 Å². The van der Waals surface area contributed by atoms with Crippen LogP contribution in [0.3, 0.4) is 0 Å². The van der Waals surface area contributed by atoms with Crippen molar-refractivity contribution in [2.75, 3.05) is 18.4 Å². The molecule has 2 amide bonds. The van der Waals surface area contributed by atoms with Crippen molar-refractivity contribution < 1.29 is 14.0 Å². The third-order valence-corrected chi connectivity index (χ3v) is 5.09. The molecule has 0 aliphatic heterocycles. The second kappa shape index (κ2) is 10.3. The van der Waals surface area contributed by atoms with E-state index in [-0.39, 0.29) is 24.8 Å². The lowest BCUT2D eigenvalue weighted by Gasteiger charge is -2.20. The Morgan fingerprint density at radius 1 is 1.07 bits per heavy atom. The minimum Gasteiger partial charge on any atom is -0.441 e. The van der Waals surface area contributed by atoms with Gasteiger partial charge in [0.2, 0.25) is 11.8 Å². The summed E-state index contributed by atoms with van der Waals surface area (Å²) in [7, 11) is 0. The van der Waals surface area contributed by atoms with Crippen molar-refractivity contribution in [3.8, 4) is 11.3 Å². The maximum Gasteiger partial charge on any atom is 0.244 e. The number of carbonyl (C=O) groups is 2. The molecule has 0 fully saturated rings. The van der Waals surface area contributed by atoms with Gasteiger partial charge in [0.25, 0.3) is 0 Å². The molecule has 0 bridgehead atoms. The number of carbonyl (C=O) groups excluding carboxylic acids is 2. The summed E-state index contributed by atoms with van der Waals surface area (Å²) in [6, 6.07) is 14.6. The minimum atomic E-state index is -0.373. The van der Waals surface area contributed by atoms with Gasteiger partial charge in [-0.1, -0.05) is 59.6 Å². The van der Waals surface area contributed by atoms with Gasteiger partial charge in [-0.25, -0.2) is 4.98 Å². The van der Waals surface area contributed by atoms with Crippen molar-refractivity contribution in [1.82, 2.24) is 9.88 Å². The van der Waals surface area contributed by atoms with Crippen LogP contribution in [0.4, 0.5) is 5.69 Å². The van der Waals surface area contributed by atoms with Crippen LogP contribution in [0.2, 0.25) is 10.0 Å². The van der Waals surface area contributed by atoms with Gasteiger partial charge in [0, 0.05) is 24.9 Å². The number of halogens is 2. The largest absolute Gasteiger partial charge is 0.441 e. The van der Waals surface area contributed by atoms with E-state index >= 15 is 0 Å². The van der Waals surface area contributed by atoms with Gasteiger partial charge in [-0.05, 0) is 19.1 Å². The molecule has 0 aliphatic carbocycles. The molecule has 6 nitrogen and oxygen atoms in total. The second-order valence-electron chi connectivity index (χ2n) is 6.54. The summed E-state index contributed by atoms with van der Waals surface area (Å²) in [6.45, 7) is 2.10. The van der Waals surface area contributed by atoms with Gasteiger partial charge in [-0.2, -0.15) is 0 Å². The fourth-order valence-corrected chi connectivity index (χ4v) is 3.37. The molecule has 0 unspecified atom stereocenters. The molecule has 0 radical (unpaired) electrons. The number of hydrogen-bond acceptors (Lipinski definition) is 4. The van der Waals surface area contributed by atoms with Gasteiger partial charge < -0.3 is 14.6 Å². The van der Waals surface area contributed by atoms with E-state index in [4.69, 9.17) is 27.6 Å². The summed E-state index contributed by atoms with van der Waals surface area (Å²) in [5.41, 5.74) is 1.26. The third-order valence-electron chi connectivity index (χ3n) is 4.46. The Morgan fingerprint density at radius 3 is 2.43 bits per heavy atom. The lowest BCUT2D eigenvalue weighted by atomic mass is 10.2. The Labute approximate surface area is 184 Å². The summed E-state index contributed by atoms with van der Waals surface area (Å²) in [6.07, 6.45) is 2.18. The Kier molecular flexibility index (Phi) is 7.49. The normalized spacial score (nSPS) is 10.6. The first-order valence-corrected chi connectivity index (χ1v) is 10.2. The molecule has 156 valence electrons. The summed E-state index contributed by atoms with van der Waals surface area (Å²) < 4.78 is 5.73. The molecule has 2 aromatic carbocycles. The van der Waals surface area contributed by atoms with E-state index in [0.717, 1.165) is 5.56 Å². The summed E-state index contributed by atoms with van der Waals surface area (Å²) in [5, 5.41) is 3.34. The highest BCUT2D eigenvalue weighted by atomic mass is 35.5. The first-order chi connectivity index (χ1) is 14.5. The van der Waals surface area contributed by atoms with Gasteiger partial charge >= 0.3 is 0 Å². The Balaban J connectivity index is 1.55. The van der Waals surface area contributed by atoms with E-state index in [9.17, 15) is 9.59 Å². The zero-order valence-electron chi connectivity index (χ0n) is 16.4. The summed E-state index contributed by atoms with van der Waals surface area (Å²) in [5.74, 6) is 0.590. The van der Waals surface area contributed by atoms with Crippen molar-refractivity contribution >= 4 is 40.7 Å². The number of aryl methyl sites for hydroxylation is 1. The van der Waals surface area contributed by atoms with Crippen LogP contribution in [0, 0.1) is 0 Å². The van der Waals surface area contributed by atoms with Crippen molar-refractivity contribution in [1.29, 1.82) is 0 Å². The quantitative estimate of drug-likeness (QED) is 0.525. The van der Waals surface area contributed by atoms with E-state index in [1.54, 1.807) is 24.4 Å². The number of amides is 2. The Bertz CT molecular complexity index is 1000. The molecule has 0 saturated heterocycles. The maximum absolute atomic E-state index is 12.6. The van der Waals surface area contributed by atoms with Gasteiger partial charge in [-0.15, -0.1) is 0 Å². The highest BCUT2D eigenvalue weighted by molar-refractivity contribution is 6.39. The first kappa shape index (κ1) is 21.9. The van der Waals surface area contributed by atoms with E-state index in [1.165, 1.54) is 4.90 Å². The van der Waals surface area contributed by atoms with E-state index in [0.29, 0.717) is 40.3 Å². The van der Waals surface area contributed by atoms with E-state index < -0.39 is 0 Å². The monoisotopic (exact) mass is 445 g/mol. The molecule has 0 spiro atoms. The molecule has 1 aromatic heterocycles. The van der Waals surface area contributed by atoms with E-state index in [2.05, 4.69) is 10.3 Å². The highest BCUT2D eigenvalue weighted by Gasteiger charge is 2.18. The fraction of sp³-hybridized carbons (Fsp3) is 0.227. The topological polar surface area (TPSA) is 75.4 Å². The summed E-state index contributed by atoms with van der Waals surface area (Å²) >= 11 is 12.1. The standard InChI is InChI=1S/C22H21Cl2N3O3/c1-2-27(14-19(28)26-22-16(23)9-6-10-17(22)24)21(29)12-11-20-25-13-18(30-20)15-7-4-3-5-8-15/h3-10,13H,2,11-12,14H2,1H3,(H,26,28). The zero-order chi connectivity index (χ0) is 21.5. The van der Waals surface area contributed by atoms with E-state index in [1.807, 2.05) is 37.3 Å². The lowest BCUT2D eigenvalue weighted by Crippen LogP contribution is -2.38. The maximum atomic E-state index is 12.6. The second-order valence-corrected chi connectivity index (χ2v) is 7.35. The number of aromatic nitrogens is 1. The lowest BCUT2D eigenvalue weighted by molar-refractivity contribution is -0.134. The highest BCUT2D eigenvalue weighted by Crippen LogP contribution is 2.29. The molecule has 0 aliphatic rings. The molecular weight excluding hydrogens is 425 g/mol. The van der Waals surface area contributed by atoms with Crippen molar-refractivity contribution in [2.24, 2.45) is 0 Å². The molecule has 30 heavy (non-hydrogen) atoms. The fourth-order valence-electron chi connectivity index (χ4n) is 2.88. The van der Waals surface area contributed by atoms with Gasteiger partial charge in [0.1, 0.15) is 0 Å². The molecular formula is C22H21Cl2N3O3. The number of nitrogens with zero attached hydrogens (tertiary/aromatic N) is 2. The van der Waals surface area contributed by atoms with Crippen LogP contribution >= 0.6 is 23.2 Å². The van der Waals surface area contributed by atoms with Crippen molar-refractivity contribution in [3.05, 3.63) is 70.7 Å². The number of anilines is 1. The van der Waals surface area contributed by atoms with Crippen LogP contribution in [-0.2, 0) is 16.0 Å². The first-order valence-electron chi connectivity index (χ1n) is 9.49. The van der Waals surface area contributed by atoms with Gasteiger partial charge in [0.05, 0.1) is 28.5 Å². The minimum absolute atomic E-state index is 0.0995. The SMILES string of the molecule is CCN(CC(=O)Nc1c(Cl)cccc1Cl)C(=O)CCc1ncc(-c2ccccc2)o1. The Morgan fingerprint density at radius 2 is 1.77 bits per heavy atom. The molecule has 0 saturated carbocycles. The molecule has 0 atom stereocenters. The smallest absolute Gasteiger partial charge is 0.244 e. The number of para-hydroxylation sites is 1. The molecule has 3 aromatic rings. The predicted octanol–water partition coefficient (Wildman–Crippen LogP) is 5.07. The van der Waals surface area contributed by atoms with Crippen LogP contribution < -0.4 is 5.32 Å². The third kappa shape index (κ3) is 5.62. The number of benzene rings is 2. The average Bonchev–Trinajstić information content (AvgIpc) is 3.23. The summed E-state index contributed by atoms with van der Waals surface area (Å²) in [4.78, 5) is 30.6. The molecule has 8 heteroatoms. The molecule has 1 N–H and O–H groups in total. The van der Waals surface area contributed by atoms with Crippen LogP contribution in [0.1, 0.15) is 19.2 Å². The van der Waals surface area contributed by atoms with Crippen LogP contribution in [0.25, 0.3) is 11.3 Å². The number of likely N-dealkylation sites (N-methyl/N-ethyl adjacent to an activating group) is 1. The Hall–Kier alpha value is -2.83. The van der Waals surface area contributed by atoms with Gasteiger partial charge in [-0.3, -0.25) is 9.59 Å². The zero-order valence-corrected chi connectivity index (χ0v) is 17.9. The number of oxazole rings is 1. The number of rotatable bonds is 8. The number of nitrogens with one attached hydrogen (secondary N) is 1. The van der Waals surface area contributed by atoms with Crippen molar-refractivity contribution in [2.45, 2.75) is 19.8 Å². The van der Waals surface area contributed by atoms with Crippen molar-refractivity contribution in [3.63, 3.8) is 0 Å². The number of hydrogen-bond donors (Lipinski definition) is 1. The van der Waals surface area contributed by atoms with Crippen LogP contribution in [0.15, 0.2) is 59.1 Å². The average molecular weight is 446 g/mol. The van der Waals surface area contributed by atoms with Crippen LogP contribution in [-0.4, -0.2) is 34.8 Å². The molecule has 3 rings (SSSR count). The van der Waals surface area contributed by atoms with Gasteiger partial charge in [0.15, 0.2) is 11.7 Å².